The number of allylic oxidation sites excluding steroid dienone is 3. The third-order valence-corrected chi connectivity index (χ3v) is 5.47. The molecule has 0 spiro atoms. The van der Waals surface area contributed by atoms with Crippen LogP contribution in [0, 0.1) is 5.92 Å². The molecule has 1 unspecified atom stereocenters. The average Bonchev–Trinajstić information content (AvgIpc) is 3.29. The van der Waals surface area contributed by atoms with E-state index < -0.39 is 0 Å². The number of hydrogen-bond donors (Lipinski definition) is 2. The Bertz CT molecular complexity index is 765. The van der Waals surface area contributed by atoms with Crippen molar-refractivity contribution >= 4 is 17.2 Å². The number of anilines is 2. The Morgan fingerprint density at radius 1 is 1.27 bits per heavy atom. The summed E-state index contributed by atoms with van der Waals surface area (Å²) in [6, 6.07) is 8.56. The van der Waals surface area contributed by atoms with Crippen LogP contribution in [-0.2, 0) is 0 Å². The number of hydrogen-bond acceptors (Lipinski definition) is 3. The monoisotopic (exact) mass is 406 g/mol. The Hall–Kier alpha value is -2.59. The van der Waals surface area contributed by atoms with Gasteiger partial charge in [-0.25, -0.2) is 0 Å². The van der Waals surface area contributed by atoms with Crippen LogP contribution in [-0.4, -0.2) is 39.1 Å². The fraction of sp³-hybridized carbons (Fsp3) is 0.423. The first-order valence-electron chi connectivity index (χ1n) is 11.1. The van der Waals surface area contributed by atoms with E-state index in [4.69, 9.17) is 0 Å². The van der Waals surface area contributed by atoms with Crippen LogP contribution in [0.15, 0.2) is 77.9 Å². The van der Waals surface area contributed by atoms with Gasteiger partial charge in [0, 0.05) is 38.1 Å². The van der Waals surface area contributed by atoms with E-state index in [1.165, 1.54) is 17.7 Å². The summed E-state index contributed by atoms with van der Waals surface area (Å²) in [6.45, 7) is 16.6. The molecule has 4 heteroatoms. The van der Waals surface area contributed by atoms with E-state index >= 15 is 0 Å². The molecule has 1 aromatic rings. The molecule has 0 radical (unpaired) electrons. The standard InChI is InChI=1S/C26H38N4/c1-6-9-19-30(18-7-2)24-13-11-23(12-14-24)29-26(27-5)15-10-21(4)25(8-3)22-16-17-28-20-22/h6,8,10-15,22,28H,1,4,7,9,16-20H2,2-3,5H3,(H,27,29)/b15-10-,25-8+. The van der Waals surface area contributed by atoms with Gasteiger partial charge in [-0.2, -0.15) is 0 Å². The number of aliphatic imine (C=N–C) groups is 1. The number of benzene rings is 1. The van der Waals surface area contributed by atoms with Gasteiger partial charge in [0.2, 0.25) is 0 Å². The first kappa shape index (κ1) is 23.7. The summed E-state index contributed by atoms with van der Waals surface area (Å²) >= 11 is 0. The van der Waals surface area contributed by atoms with Gasteiger partial charge in [0.05, 0.1) is 0 Å². The molecule has 2 N–H and O–H groups in total. The fourth-order valence-electron chi connectivity index (χ4n) is 3.84. The first-order valence-corrected chi connectivity index (χ1v) is 11.1. The van der Waals surface area contributed by atoms with E-state index in [1.54, 1.807) is 7.05 Å². The van der Waals surface area contributed by atoms with Crippen LogP contribution in [0.1, 0.15) is 33.1 Å². The summed E-state index contributed by atoms with van der Waals surface area (Å²) in [7, 11) is 1.81. The van der Waals surface area contributed by atoms with Crippen LogP contribution in [0.2, 0.25) is 0 Å². The smallest absolute Gasteiger partial charge is 0.125 e. The number of nitrogens with one attached hydrogen (secondary N) is 2. The Morgan fingerprint density at radius 2 is 2.03 bits per heavy atom. The second-order valence-corrected chi connectivity index (χ2v) is 7.64. The minimum absolute atomic E-state index is 0.557. The fourth-order valence-corrected chi connectivity index (χ4v) is 3.84. The van der Waals surface area contributed by atoms with Crippen LogP contribution in [0.4, 0.5) is 11.4 Å². The second-order valence-electron chi connectivity index (χ2n) is 7.64. The summed E-state index contributed by atoms with van der Waals surface area (Å²) < 4.78 is 0. The molecule has 4 nitrogen and oxygen atoms in total. The Morgan fingerprint density at radius 3 is 2.60 bits per heavy atom. The molecule has 0 saturated carbocycles. The van der Waals surface area contributed by atoms with Crippen molar-refractivity contribution in [2.75, 3.05) is 43.4 Å². The van der Waals surface area contributed by atoms with E-state index in [2.05, 4.69) is 83.9 Å². The Kier molecular flexibility index (Phi) is 10.2. The average molecular weight is 407 g/mol. The second kappa shape index (κ2) is 12.9. The zero-order valence-electron chi connectivity index (χ0n) is 19.0. The Balaban J connectivity index is 2.00. The normalized spacial score (nSPS) is 17.4. The van der Waals surface area contributed by atoms with Crippen molar-refractivity contribution in [1.82, 2.24) is 5.32 Å². The molecule has 1 fully saturated rings. The molecular formula is C26H38N4. The number of rotatable bonds is 11. The number of amidine groups is 1. The molecule has 1 atom stereocenters. The molecule has 0 aliphatic carbocycles. The van der Waals surface area contributed by atoms with Crippen molar-refractivity contribution in [3.63, 3.8) is 0 Å². The molecular weight excluding hydrogens is 368 g/mol. The quantitative estimate of drug-likeness (QED) is 0.218. The van der Waals surface area contributed by atoms with E-state index in [-0.39, 0.29) is 0 Å². The maximum absolute atomic E-state index is 4.39. The highest BCUT2D eigenvalue weighted by atomic mass is 15.1. The highest BCUT2D eigenvalue weighted by molar-refractivity contribution is 6.04. The van der Waals surface area contributed by atoms with E-state index in [0.717, 1.165) is 56.1 Å². The molecule has 1 aliphatic rings. The SMILES string of the molecule is C=CCCN(CCC)c1ccc(NC(/C=C\C(=C)/C(=C\C)C2CCNC2)=N/C)cc1. The van der Waals surface area contributed by atoms with Gasteiger partial charge in [-0.3, -0.25) is 4.99 Å². The maximum atomic E-state index is 4.39. The topological polar surface area (TPSA) is 39.7 Å². The van der Waals surface area contributed by atoms with Crippen LogP contribution in [0.25, 0.3) is 0 Å². The van der Waals surface area contributed by atoms with Crippen molar-refractivity contribution in [3.8, 4) is 0 Å². The van der Waals surface area contributed by atoms with Crippen LogP contribution < -0.4 is 15.5 Å². The molecule has 0 amide bonds. The summed E-state index contributed by atoms with van der Waals surface area (Å²) in [5, 5.41) is 6.84. The summed E-state index contributed by atoms with van der Waals surface area (Å²) in [5.41, 5.74) is 4.65. The predicted octanol–water partition coefficient (Wildman–Crippen LogP) is 5.59. The maximum Gasteiger partial charge on any atom is 0.125 e. The lowest BCUT2D eigenvalue weighted by Gasteiger charge is -2.24. The third-order valence-electron chi connectivity index (χ3n) is 5.47. The van der Waals surface area contributed by atoms with Gasteiger partial charge in [-0.1, -0.05) is 31.7 Å². The van der Waals surface area contributed by atoms with Gasteiger partial charge in [0.1, 0.15) is 5.84 Å². The van der Waals surface area contributed by atoms with Gasteiger partial charge < -0.3 is 15.5 Å². The summed E-state index contributed by atoms with van der Waals surface area (Å²) in [6.07, 6.45) is 11.5. The molecule has 2 rings (SSSR count). The van der Waals surface area contributed by atoms with Gasteiger partial charge in [0.25, 0.3) is 0 Å². The van der Waals surface area contributed by atoms with Gasteiger partial charge in [-0.05, 0) is 80.1 Å². The zero-order chi connectivity index (χ0) is 21.8. The minimum atomic E-state index is 0.557. The van der Waals surface area contributed by atoms with Gasteiger partial charge in [-0.15, -0.1) is 6.58 Å². The van der Waals surface area contributed by atoms with E-state index in [9.17, 15) is 0 Å². The molecule has 30 heavy (non-hydrogen) atoms. The van der Waals surface area contributed by atoms with Crippen molar-refractivity contribution in [2.24, 2.45) is 10.9 Å². The largest absolute Gasteiger partial charge is 0.371 e. The lowest BCUT2D eigenvalue weighted by Crippen LogP contribution is -2.24. The highest BCUT2D eigenvalue weighted by Crippen LogP contribution is 2.25. The molecule has 162 valence electrons. The zero-order valence-corrected chi connectivity index (χ0v) is 19.0. The molecule has 0 aromatic heterocycles. The number of nitrogens with zero attached hydrogens (tertiary/aromatic N) is 2. The van der Waals surface area contributed by atoms with Crippen molar-refractivity contribution in [3.05, 3.63) is 72.9 Å². The van der Waals surface area contributed by atoms with E-state index in [1.807, 2.05) is 12.2 Å². The van der Waals surface area contributed by atoms with Gasteiger partial charge >= 0.3 is 0 Å². The molecule has 1 saturated heterocycles. The minimum Gasteiger partial charge on any atom is -0.371 e. The lowest BCUT2D eigenvalue weighted by molar-refractivity contribution is 0.691. The highest BCUT2D eigenvalue weighted by Gasteiger charge is 2.19. The van der Waals surface area contributed by atoms with Crippen LogP contribution in [0.3, 0.4) is 0 Å². The first-order chi connectivity index (χ1) is 14.6. The molecule has 0 bridgehead atoms. The summed E-state index contributed by atoms with van der Waals surface area (Å²) in [4.78, 5) is 6.79. The summed E-state index contributed by atoms with van der Waals surface area (Å²) in [5.74, 6) is 1.38. The molecule has 1 heterocycles. The van der Waals surface area contributed by atoms with Crippen molar-refractivity contribution in [1.29, 1.82) is 0 Å². The van der Waals surface area contributed by atoms with Gasteiger partial charge in [0.15, 0.2) is 0 Å². The lowest BCUT2D eigenvalue weighted by atomic mass is 9.92. The predicted molar refractivity (Wildman–Crippen MR) is 134 cm³/mol. The molecule has 1 aliphatic heterocycles. The van der Waals surface area contributed by atoms with Crippen LogP contribution >= 0.6 is 0 Å². The van der Waals surface area contributed by atoms with Crippen molar-refractivity contribution < 1.29 is 0 Å². The molecule has 1 aromatic carbocycles. The van der Waals surface area contributed by atoms with Crippen LogP contribution in [0.5, 0.6) is 0 Å². The van der Waals surface area contributed by atoms with Crippen molar-refractivity contribution in [2.45, 2.75) is 33.1 Å². The Labute approximate surface area is 183 Å². The third kappa shape index (κ3) is 7.03. The van der Waals surface area contributed by atoms with E-state index in [0.29, 0.717) is 5.92 Å².